The highest BCUT2D eigenvalue weighted by molar-refractivity contribution is 9.10. The van der Waals surface area contributed by atoms with Crippen LogP contribution >= 0.6 is 27.7 Å². The molecule has 0 atom stereocenters. The molecule has 5 nitrogen and oxygen atoms in total. The molecule has 1 N–H and O–H groups in total. The lowest BCUT2D eigenvalue weighted by Crippen LogP contribution is -2.28. The Bertz CT molecular complexity index is 616. The maximum absolute atomic E-state index is 11.6. The van der Waals surface area contributed by atoms with Gasteiger partial charge in [0.1, 0.15) is 0 Å². The fraction of sp³-hybridized carbons (Fsp3) is 0.357. The Balaban J connectivity index is 1.92. The monoisotopic (exact) mass is 369 g/mol. The largest absolute Gasteiger partial charge is 0.411 e. The van der Waals surface area contributed by atoms with Crippen molar-refractivity contribution in [3.8, 4) is 11.5 Å². The molecule has 112 valence electrons. The van der Waals surface area contributed by atoms with E-state index in [9.17, 15) is 4.79 Å². The summed E-state index contributed by atoms with van der Waals surface area (Å²) in [5, 5.41) is 11.2. The Labute approximate surface area is 136 Å². The summed E-state index contributed by atoms with van der Waals surface area (Å²) in [6.07, 6.45) is 0. The van der Waals surface area contributed by atoms with Crippen LogP contribution in [0.3, 0.4) is 0 Å². The SMILES string of the molecule is CC(C)CNC(=O)CSc1nnc(-c2ccccc2Br)o1. The van der Waals surface area contributed by atoms with Gasteiger partial charge in [0, 0.05) is 11.0 Å². The molecule has 1 aromatic heterocycles. The van der Waals surface area contributed by atoms with Gasteiger partial charge in [-0.25, -0.2) is 0 Å². The third-order valence-electron chi connectivity index (χ3n) is 2.54. The van der Waals surface area contributed by atoms with Gasteiger partial charge >= 0.3 is 0 Å². The van der Waals surface area contributed by atoms with Crippen LogP contribution in [0.4, 0.5) is 0 Å². The molecule has 0 spiro atoms. The highest BCUT2D eigenvalue weighted by Crippen LogP contribution is 2.28. The van der Waals surface area contributed by atoms with Crippen LogP contribution in [0.15, 0.2) is 38.4 Å². The van der Waals surface area contributed by atoms with Crippen LogP contribution in [0.2, 0.25) is 0 Å². The van der Waals surface area contributed by atoms with Gasteiger partial charge in [0.25, 0.3) is 5.22 Å². The van der Waals surface area contributed by atoms with Gasteiger partial charge in [-0.3, -0.25) is 4.79 Å². The first kappa shape index (κ1) is 16.0. The number of aromatic nitrogens is 2. The minimum atomic E-state index is -0.0330. The molecular formula is C14H16BrN3O2S. The van der Waals surface area contributed by atoms with Gasteiger partial charge in [0.05, 0.1) is 11.3 Å². The molecule has 0 aliphatic heterocycles. The second-order valence-corrected chi connectivity index (χ2v) is 6.62. The van der Waals surface area contributed by atoms with Crippen molar-refractivity contribution in [1.29, 1.82) is 0 Å². The normalized spacial score (nSPS) is 10.9. The summed E-state index contributed by atoms with van der Waals surface area (Å²) in [7, 11) is 0. The fourth-order valence-electron chi connectivity index (χ4n) is 1.51. The number of nitrogens with zero attached hydrogens (tertiary/aromatic N) is 2. The molecule has 21 heavy (non-hydrogen) atoms. The molecule has 0 unspecified atom stereocenters. The highest BCUT2D eigenvalue weighted by atomic mass is 79.9. The molecule has 0 fully saturated rings. The van der Waals surface area contributed by atoms with Crippen LogP contribution in [0.25, 0.3) is 11.5 Å². The smallest absolute Gasteiger partial charge is 0.277 e. The van der Waals surface area contributed by atoms with Gasteiger partial charge in [-0.2, -0.15) is 0 Å². The Hall–Kier alpha value is -1.34. The van der Waals surface area contributed by atoms with Crippen LogP contribution < -0.4 is 5.32 Å². The standard InChI is InChI=1S/C14H16BrN3O2S/c1-9(2)7-16-12(19)8-21-14-18-17-13(20-14)10-5-3-4-6-11(10)15/h3-6,9H,7-8H2,1-2H3,(H,16,19). The maximum Gasteiger partial charge on any atom is 0.277 e. The van der Waals surface area contributed by atoms with Crippen molar-refractivity contribution in [1.82, 2.24) is 15.5 Å². The first-order chi connectivity index (χ1) is 10.1. The van der Waals surface area contributed by atoms with Crippen molar-refractivity contribution >= 4 is 33.6 Å². The van der Waals surface area contributed by atoms with E-state index < -0.39 is 0 Å². The molecule has 2 aromatic rings. The van der Waals surface area contributed by atoms with E-state index in [1.165, 1.54) is 11.8 Å². The summed E-state index contributed by atoms with van der Waals surface area (Å²) in [5.74, 6) is 1.11. The van der Waals surface area contributed by atoms with E-state index in [-0.39, 0.29) is 11.7 Å². The fourth-order valence-corrected chi connectivity index (χ4v) is 2.56. The predicted octanol–water partition coefficient (Wildman–Crippen LogP) is 3.36. The van der Waals surface area contributed by atoms with Gasteiger partial charge in [-0.1, -0.05) is 37.7 Å². The van der Waals surface area contributed by atoms with E-state index in [1.54, 1.807) is 0 Å². The van der Waals surface area contributed by atoms with Crippen molar-refractivity contribution in [2.75, 3.05) is 12.3 Å². The minimum Gasteiger partial charge on any atom is -0.411 e. The van der Waals surface area contributed by atoms with Crippen molar-refractivity contribution in [3.63, 3.8) is 0 Å². The summed E-state index contributed by atoms with van der Waals surface area (Å²) < 4.78 is 6.45. The Morgan fingerprint density at radius 3 is 2.86 bits per heavy atom. The highest BCUT2D eigenvalue weighted by Gasteiger charge is 2.13. The Kier molecular flexibility index (Phi) is 5.81. The summed E-state index contributed by atoms with van der Waals surface area (Å²) in [6.45, 7) is 4.77. The Morgan fingerprint density at radius 1 is 1.38 bits per heavy atom. The molecule has 0 bridgehead atoms. The molecule has 2 rings (SSSR count). The van der Waals surface area contributed by atoms with Crippen molar-refractivity contribution in [3.05, 3.63) is 28.7 Å². The number of carbonyl (C=O) groups is 1. The van der Waals surface area contributed by atoms with Crippen LogP contribution in [-0.2, 0) is 4.79 Å². The summed E-state index contributed by atoms with van der Waals surface area (Å²) in [5.41, 5.74) is 0.834. The lowest BCUT2D eigenvalue weighted by atomic mass is 10.2. The number of halogens is 1. The summed E-state index contributed by atoms with van der Waals surface area (Å²) in [4.78, 5) is 11.6. The molecule has 0 aliphatic carbocycles. The first-order valence-electron chi connectivity index (χ1n) is 6.54. The second-order valence-electron chi connectivity index (χ2n) is 4.84. The van der Waals surface area contributed by atoms with E-state index in [0.29, 0.717) is 23.6 Å². The number of amides is 1. The first-order valence-corrected chi connectivity index (χ1v) is 8.32. The molecular weight excluding hydrogens is 354 g/mol. The van der Waals surface area contributed by atoms with Crippen LogP contribution in [0.5, 0.6) is 0 Å². The molecule has 0 saturated carbocycles. The predicted molar refractivity (Wildman–Crippen MR) is 86.0 cm³/mol. The molecule has 0 saturated heterocycles. The third-order valence-corrected chi connectivity index (χ3v) is 4.05. The number of carbonyl (C=O) groups excluding carboxylic acids is 1. The molecule has 0 aliphatic rings. The molecule has 7 heteroatoms. The number of nitrogens with one attached hydrogen (secondary N) is 1. The van der Waals surface area contributed by atoms with E-state index in [4.69, 9.17) is 4.42 Å². The quantitative estimate of drug-likeness (QED) is 0.790. The van der Waals surface area contributed by atoms with Gasteiger partial charge in [-0.05, 0) is 34.0 Å². The second kappa shape index (κ2) is 7.61. The zero-order valence-electron chi connectivity index (χ0n) is 11.8. The van der Waals surface area contributed by atoms with E-state index in [1.807, 2.05) is 24.3 Å². The molecule has 1 aromatic carbocycles. The number of rotatable bonds is 6. The van der Waals surface area contributed by atoms with Crippen LogP contribution in [0.1, 0.15) is 13.8 Å². The summed E-state index contributed by atoms with van der Waals surface area (Å²) in [6, 6.07) is 7.61. The molecule has 1 heterocycles. The van der Waals surface area contributed by atoms with Crippen molar-refractivity contribution in [2.24, 2.45) is 5.92 Å². The zero-order chi connectivity index (χ0) is 15.2. The average Bonchev–Trinajstić information content (AvgIpc) is 2.92. The topological polar surface area (TPSA) is 68.0 Å². The van der Waals surface area contributed by atoms with Gasteiger partial charge < -0.3 is 9.73 Å². The van der Waals surface area contributed by atoms with E-state index in [0.717, 1.165) is 10.0 Å². The Morgan fingerprint density at radius 2 is 2.14 bits per heavy atom. The zero-order valence-corrected chi connectivity index (χ0v) is 14.2. The van der Waals surface area contributed by atoms with Gasteiger partial charge in [-0.15, -0.1) is 10.2 Å². The van der Waals surface area contributed by atoms with Crippen LogP contribution in [0, 0.1) is 5.92 Å². The lowest BCUT2D eigenvalue weighted by molar-refractivity contribution is -0.118. The van der Waals surface area contributed by atoms with Crippen molar-refractivity contribution in [2.45, 2.75) is 19.1 Å². The third kappa shape index (κ3) is 4.86. The average molecular weight is 370 g/mol. The number of benzene rings is 1. The van der Waals surface area contributed by atoms with Gasteiger partial charge in [0.2, 0.25) is 11.8 Å². The number of hydrogen-bond donors (Lipinski definition) is 1. The molecule has 1 amide bonds. The molecule has 0 radical (unpaired) electrons. The van der Waals surface area contributed by atoms with Gasteiger partial charge in [0.15, 0.2) is 0 Å². The summed E-state index contributed by atoms with van der Waals surface area (Å²) >= 11 is 4.67. The number of thioether (sulfide) groups is 1. The number of hydrogen-bond acceptors (Lipinski definition) is 5. The van der Waals surface area contributed by atoms with E-state index >= 15 is 0 Å². The lowest BCUT2D eigenvalue weighted by Gasteiger charge is -2.05. The van der Waals surface area contributed by atoms with E-state index in [2.05, 4.69) is 45.3 Å². The van der Waals surface area contributed by atoms with Crippen molar-refractivity contribution < 1.29 is 9.21 Å². The van der Waals surface area contributed by atoms with Crippen LogP contribution in [-0.4, -0.2) is 28.4 Å². The minimum absolute atomic E-state index is 0.0330. The maximum atomic E-state index is 11.6.